The molecule has 0 aromatic heterocycles. The summed E-state index contributed by atoms with van der Waals surface area (Å²) in [7, 11) is 0. The second-order valence-electron chi connectivity index (χ2n) is 4.88. The van der Waals surface area contributed by atoms with Gasteiger partial charge in [0.15, 0.2) is 0 Å². The third-order valence-electron chi connectivity index (χ3n) is 3.74. The molecule has 0 amide bonds. The van der Waals surface area contributed by atoms with Crippen LogP contribution in [0.2, 0.25) is 0 Å². The third-order valence-corrected chi connectivity index (χ3v) is 4.95. The fourth-order valence-corrected chi connectivity index (χ4v) is 4.12. The van der Waals surface area contributed by atoms with Crippen molar-refractivity contribution in [3.63, 3.8) is 0 Å². The van der Waals surface area contributed by atoms with Gasteiger partial charge in [-0.05, 0) is 36.9 Å². The van der Waals surface area contributed by atoms with Gasteiger partial charge in [-0.15, -0.1) is 11.8 Å². The van der Waals surface area contributed by atoms with Gasteiger partial charge in [-0.2, -0.15) is 0 Å². The van der Waals surface area contributed by atoms with Crippen molar-refractivity contribution in [1.82, 2.24) is 5.32 Å². The molecule has 2 aliphatic rings. The molecule has 0 bridgehead atoms. The number of rotatable bonds is 4. The second-order valence-corrected chi connectivity index (χ2v) is 5.94. The van der Waals surface area contributed by atoms with Crippen LogP contribution in [0, 0.1) is 5.92 Å². The Hall–Kier alpha value is -0.470. The highest BCUT2D eigenvalue weighted by atomic mass is 32.2. The Morgan fingerprint density at radius 1 is 1.38 bits per heavy atom. The molecule has 1 aromatic carbocycles. The van der Waals surface area contributed by atoms with E-state index in [1.165, 1.54) is 23.5 Å². The lowest BCUT2D eigenvalue weighted by Crippen LogP contribution is -2.36. The SMILES string of the molecule is CCNC(C1CC1)C1CSc2ccccc21. The van der Waals surface area contributed by atoms with Gasteiger partial charge in [-0.25, -0.2) is 0 Å². The van der Waals surface area contributed by atoms with E-state index in [2.05, 4.69) is 36.5 Å². The summed E-state index contributed by atoms with van der Waals surface area (Å²) < 4.78 is 0. The minimum absolute atomic E-state index is 0.723. The number of fused-ring (bicyclic) bond motifs is 1. The van der Waals surface area contributed by atoms with E-state index in [-0.39, 0.29) is 0 Å². The molecule has 16 heavy (non-hydrogen) atoms. The van der Waals surface area contributed by atoms with Crippen LogP contribution in [0.1, 0.15) is 31.2 Å². The number of likely N-dealkylation sites (N-methyl/N-ethyl adjacent to an activating group) is 1. The summed E-state index contributed by atoms with van der Waals surface area (Å²) in [5.74, 6) is 2.96. The van der Waals surface area contributed by atoms with Crippen LogP contribution in [-0.4, -0.2) is 18.3 Å². The van der Waals surface area contributed by atoms with Crippen LogP contribution in [0.5, 0.6) is 0 Å². The van der Waals surface area contributed by atoms with Crippen LogP contribution >= 0.6 is 11.8 Å². The summed E-state index contributed by atoms with van der Waals surface area (Å²) in [4.78, 5) is 1.51. The second kappa shape index (κ2) is 4.42. The minimum Gasteiger partial charge on any atom is -0.313 e. The van der Waals surface area contributed by atoms with Crippen molar-refractivity contribution in [2.45, 2.75) is 36.6 Å². The lowest BCUT2D eigenvalue weighted by Gasteiger charge is -2.24. The number of hydrogen-bond acceptors (Lipinski definition) is 2. The molecular formula is C14H19NS. The Morgan fingerprint density at radius 3 is 2.94 bits per heavy atom. The standard InChI is InChI=1S/C14H19NS/c1-2-15-14(10-7-8-10)12-9-16-13-6-4-3-5-11(12)13/h3-6,10,12,14-15H,2,7-9H2,1H3. The fraction of sp³-hybridized carbons (Fsp3) is 0.571. The number of hydrogen-bond donors (Lipinski definition) is 1. The molecule has 1 saturated carbocycles. The molecule has 1 aliphatic carbocycles. The lowest BCUT2D eigenvalue weighted by atomic mass is 9.90. The molecule has 2 atom stereocenters. The van der Waals surface area contributed by atoms with Crippen molar-refractivity contribution in [3.8, 4) is 0 Å². The zero-order valence-corrected chi connectivity index (χ0v) is 10.6. The summed E-state index contributed by atoms with van der Waals surface area (Å²) in [6.45, 7) is 3.33. The molecule has 3 rings (SSSR count). The normalized spacial score (nSPS) is 25.4. The van der Waals surface area contributed by atoms with Gasteiger partial charge in [0.1, 0.15) is 0 Å². The Kier molecular flexibility index (Phi) is 2.95. The van der Waals surface area contributed by atoms with Gasteiger partial charge in [-0.1, -0.05) is 25.1 Å². The number of benzene rings is 1. The van der Waals surface area contributed by atoms with E-state index in [4.69, 9.17) is 0 Å². The minimum atomic E-state index is 0.723. The molecule has 1 N–H and O–H groups in total. The van der Waals surface area contributed by atoms with Crippen molar-refractivity contribution in [2.24, 2.45) is 5.92 Å². The van der Waals surface area contributed by atoms with Gasteiger partial charge in [0.05, 0.1) is 0 Å². The zero-order valence-electron chi connectivity index (χ0n) is 9.78. The van der Waals surface area contributed by atoms with Gasteiger partial charge >= 0.3 is 0 Å². The van der Waals surface area contributed by atoms with Crippen molar-refractivity contribution in [2.75, 3.05) is 12.3 Å². The summed E-state index contributed by atoms with van der Waals surface area (Å²) in [6.07, 6.45) is 2.86. The zero-order chi connectivity index (χ0) is 11.0. The van der Waals surface area contributed by atoms with Gasteiger partial charge in [0.2, 0.25) is 0 Å². The van der Waals surface area contributed by atoms with E-state index >= 15 is 0 Å². The average molecular weight is 233 g/mol. The number of thioether (sulfide) groups is 1. The van der Waals surface area contributed by atoms with Crippen LogP contribution in [0.25, 0.3) is 0 Å². The van der Waals surface area contributed by atoms with E-state index in [1.807, 2.05) is 11.8 Å². The van der Waals surface area contributed by atoms with Crippen molar-refractivity contribution < 1.29 is 0 Å². The Bertz CT molecular complexity index is 373. The van der Waals surface area contributed by atoms with Crippen LogP contribution < -0.4 is 5.32 Å². The maximum Gasteiger partial charge on any atom is 0.0172 e. The first kappa shape index (κ1) is 10.7. The molecule has 1 nitrogen and oxygen atoms in total. The first-order valence-corrected chi connectivity index (χ1v) is 7.34. The Morgan fingerprint density at radius 2 is 2.19 bits per heavy atom. The quantitative estimate of drug-likeness (QED) is 0.856. The fourth-order valence-electron chi connectivity index (χ4n) is 2.81. The van der Waals surface area contributed by atoms with Gasteiger partial charge in [0, 0.05) is 22.6 Å². The predicted octanol–water partition coefficient (Wildman–Crippen LogP) is 3.26. The molecule has 2 unspecified atom stereocenters. The highest BCUT2D eigenvalue weighted by Crippen LogP contribution is 2.47. The van der Waals surface area contributed by atoms with Crippen LogP contribution in [-0.2, 0) is 0 Å². The van der Waals surface area contributed by atoms with E-state index < -0.39 is 0 Å². The molecular weight excluding hydrogens is 214 g/mol. The molecule has 1 aliphatic heterocycles. The molecule has 1 aromatic rings. The van der Waals surface area contributed by atoms with Gasteiger partial charge < -0.3 is 5.32 Å². The van der Waals surface area contributed by atoms with Crippen molar-refractivity contribution in [3.05, 3.63) is 29.8 Å². The molecule has 86 valence electrons. The monoisotopic (exact) mass is 233 g/mol. The first-order chi connectivity index (χ1) is 7.90. The smallest absolute Gasteiger partial charge is 0.0172 e. The van der Waals surface area contributed by atoms with Crippen LogP contribution in [0.4, 0.5) is 0 Å². The third kappa shape index (κ3) is 1.89. The average Bonchev–Trinajstić information content (AvgIpc) is 3.06. The van der Waals surface area contributed by atoms with Crippen molar-refractivity contribution >= 4 is 11.8 Å². The van der Waals surface area contributed by atoms with E-state index in [1.54, 1.807) is 5.56 Å². The van der Waals surface area contributed by atoms with E-state index in [9.17, 15) is 0 Å². The topological polar surface area (TPSA) is 12.0 Å². The highest BCUT2D eigenvalue weighted by Gasteiger charge is 2.39. The summed E-state index contributed by atoms with van der Waals surface area (Å²) in [6, 6.07) is 9.67. The molecule has 0 saturated heterocycles. The largest absolute Gasteiger partial charge is 0.313 e. The van der Waals surface area contributed by atoms with Gasteiger partial charge in [-0.3, -0.25) is 0 Å². The Labute approximate surface area is 102 Å². The molecule has 2 heteroatoms. The maximum atomic E-state index is 3.71. The molecule has 0 radical (unpaired) electrons. The van der Waals surface area contributed by atoms with Crippen LogP contribution in [0.15, 0.2) is 29.2 Å². The number of nitrogens with one attached hydrogen (secondary N) is 1. The summed E-state index contributed by atoms with van der Waals surface area (Å²) in [5.41, 5.74) is 1.59. The van der Waals surface area contributed by atoms with Crippen molar-refractivity contribution in [1.29, 1.82) is 0 Å². The maximum absolute atomic E-state index is 3.71. The van der Waals surface area contributed by atoms with E-state index in [0.717, 1.165) is 24.4 Å². The first-order valence-electron chi connectivity index (χ1n) is 6.35. The van der Waals surface area contributed by atoms with E-state index in [0.29, 0.717) is 0 Å². The molecule has 1 heterocycles. The highest BCUT2D eigenvalue weighted by molar-refractivity contribution is 7.99. The summed E-state index contributed by atoms with van der Waals surface area (Å²) >= 11 is 2.04. The Balaban J connectivity index is 1.84. The van der Waals surface area contributed by atoms with Crippen LogP contribution in [0.3, 0.4) is 0 Å². The predicted molar refractivity (Wildman–Crippen MR) is 70.1 cm³/mol. The van der Waals surface area contributed by atoms with Gasteiger partial charge in [0.25, 0.3) is 0 Å². The molecule has 1 fully saturated rings. The lowest BCUT2D eigenvalue weighted by molar-refractivity contribution is 0.420. The summed E-state index contributed by atoms with van der Waals surface area (Å²) in [5, 5.41) is 3.71. The molecule has 0 spiro atoms.